The van der Waals surface area contributed by atoms with Gasteiger partial charge in [-0.1, -0.05) is 36.4 Å². The molecule has 2 aromatic carbocycles. The molecule has 36 heavy (non-hydrogen) atoms. The number of nitrogens with zero attached hydrogens (tertiary/aromatic N) is 2. The lowest BCUT2D eigenvalue weighted by Crippen LogP contribution is -2.58. The monoisotopic (exact) mass is 490 g/mol. The zero-order valence-corrected chi connectivity index (χ0v) is 20.3. The Morgan fingerprint density at radius 3 is 2.50 bits per heavy atom. The Morgan fingerprint density at radius 1 is 1.08 bits per heavy atom. The lowest BCUT2D eigenvalue weighted by molar-refractivity contribution is -0.138. The molecule has 0 aliphatic carbocycles. The van der Waals surface area contributed by atoms with Crippen LogP contribution in [0.5, 0.6) is 5.75 Å². The van der Waals surface area contributed by atoms with Gasteiger partial charge in [0.25, 0.3) is 11.8 Å². The molecule has 2 aromatic rings. The quantitative estimate of drug-likeness (QED) is 0.578. The largest absolute Gasteiger partial charge is 0.497 e. The Hall–Kier alpha value is -3.88. The Kier molecular flexibility index (Phi) is 6.38. The molecule has 2 saturated heterocycles. The number of likely N-dealkylation sites (tertiary alicyclic amines) is 1. The Bertz CT molecular complexity index is 1190. The van der Waals surface area contributed by atoms with Crippen molar-refractivity contribution < 1.29 is 23.9 Å². The fourth-order valence-corrected chi connectivity index (χ4v) is 5.44. The molecule has 2 N–H and O–H groups in total. The number of methoxy groups -OCH3 is 1. The van der Waals surface area contributed by atoms with Crippen LogP contribution in [0, 0.1) is 5.92 Å². The first-order valence-corrected chi connectivity index (χ1v) is 12.3. The smallest absolute Gasteiger partial charge is 0.322 e. The van der Waals surface area contributed by atoms with E-state index >= 15 is 0 Å². The number of fused-ring (bicyclic) bond motifs is 1. The minimum atomic E-state index is -1.50. The second-order valence-corrected chi connectivity index (χ2v) is 9.87. The van der Waals surface area contributed by atoms with Crippen LogP contribution in [0.15, 0.2) is 48.5 Å². The molecule has 9 heteroatoms. The number of carbonyl (C=O) groups is 4. The third-order valence-corrected chi connectivity index (χ3v) is 7.46. The first kappa shape index (κ1) is 23.8. The predicted molar refractivity (Wildman–Crippen MR) is 131 cm³/mol. The summed E-state index contributed by atoms with van der Waals surface area (Å²) in [6.07, 6.45) is 2.55. The number of hydrogen-bond acceptors (Lipinski definition) is 5. The van der Waals surface area contributed by atoms with E-state index in [-0.39, 0.29) is 24.8 Å². The average molecular weight is 491 g/mol. The highest BCUT2D eigenvalue weighted by Crippen LogP contribution is 2.30. The molecule has 188 valence electrons. The van der Waals surface area contributed by atoms with E-state index in [1.54, 1.807) is 17.0 Å². The van der Waals surface area contributed by atoms with Crippen molar-refractivity contribution in [3.63, 3.8) is 0 Å². The van der Waals surface area contributed by atoms with Gasteiger partial charge in [-0.15, -0.1) is 0 Å². The van der Waals surface area contributed by atoms with Gasteiger partial charge in [-0.25, -0.2) is 4.79 Å². The van der Waals surface area contributed by atoms with E-state index in [1.165, 1.54) is 17.6 Å². The number of hydrogen-bond donors (Lipinski definition) is 2. The highest BCUT2D eigenvalue weighted by atomic mass is 16.5. The molecule has 2 fully saturated rings. The fraction of sp³-hybridized carbons (Fsp3) is 0.407. The van der Waals surface area contributed by atoms with Crippen LogP contribution >= 0.6 is 0 Å². The number of rotatable bonds is 7. The first-order valence-electron chi connectivity index (χ1n) is 12.3. The third-order valence-electron chi connectivity index (χ3n) is 7.46. The topological polar surface area (TPSA) is 108 Å². The molecule has 0 radical (unpaired) electrons. The number of ether oxygens (including phenoxy) is 1. The van der Waals surface area contributed by atoms with Crippen molar-refractivity contribution in [3.05, 3.63) is 65.2 Å². The molecule has 5 amide bonds. The molecule has 3 heterocycles. The molecule has 0 saturated carbocycles. The second-order valence-electron chi connectivity index (χ2n) is 9.87. The number of piperidine rings is 1. The van der Waals surface area contributed by atoms with Crippen LogP contribution in [0.3, 0.4) is 0 Å². The maximum atomic E-state index is 13.3. The summed E-state index contributed by atoms with van der Waals surface area (Å²) in [7, 11) is 1.53. The average Bonchev–Trinajstić information content (AvgIpc) is 3.33. The number of imide groups is 1. The summed E-state index contributed by atoms with van der Waals surface area (Å²) < 4.78 is 5.23. The van der Waals surface area contributed by atoms with Crippen LogP contribution in [0.2, 0.25) is 0 Å². The van der Waals surface area contributed by atoms with Gasteiger partial charge >= 0.3 is 6.03 Å². The number of benzene rings is 2. The van der Waals surface area contributed by atoms with E-state index in [4.69, 9.17) is 4.74 Å². The summed E-state index contributed by atoms with van der Waals surface area (Å²) in [5, 5.41) is 4.92. The van der Waals surface area contributed by atoms with Gasteiger partial charge in [0.05, 0.1) is 20.1 Å². The van der Waals surface area contributed by atoms with E-state index in [1.807, 2.05) is 24.3 Å². The van der Waals surface area contributed by atoms with E-state index in [0.717, 1.165) is 24.8 Å². The molecular formula is C27H30N4O5. The van der Waals surface area contributed by atoms with Crippen molar-refractivity contribution in [1.82, 2.24) is 20.4 Å². The van der Waals surface area contributed by atoms with Gasteiger partial charge in [-0.3, -0.25) is 19.7 Å². The fourth-order valence-electron chi connectivity index (χ4n) is 5.44. The molecular weight excluding hydrogens is 460 g/mol. The lowest BCUT2D eigenvalue weighted by Gasteiger charge is -2.36. The first-order chi connectivity index (χ1) is 17.4. The standard InChI is InChI=1S/C27H30N4O5/c1-36-21-8-7-20-16-31(24(33)22(20)14-21)17-27(25(34)28-26(35)29-27)15-23(32)30-11-9-19(10-12-30)13-18-5-3-2-4-6-18/h2-8,14,19H,9-13,15-17H2,1H3,(H2,28,29,34,35). The molecule has 0 bridgehead atoms. The Balaban J connectivity index is 1.25. The van der Waals surface area contributed by atoms with Crippen molar-refractivity contribution in [1.29, 1.82) is 0 Å². The van der Waals surface area contributed by atoms with Crippen LogP contribution in [0.25, 0.3) is 0 Å². The van der Waals surface area contributed by atoms with Gasteiger partial charge in [0.2, 0.25) is 5.91 Å². The van der Waals surface area contributed by atoms with E-state index in [2.05, 4.69) is 22.8 Å². The molecule has 1 unspecified atom stereocenters. The van der Waals surface area contributed by atoms with Crippen molar-refractivity contribution in [2.75, 3.05) is 26.7 Å². The van der Waals surface area contributed by atoms with Gasteiger partial charge in [-0.05, 0) is 48.4 Å². The molecule has 3 aliphatic rings. The van der Waals surface area contributed by atoms with Crippen LogP contribution in [-0.4, -0.2) is 65.8 Å². The highest BCUT2D eigenvalue weighted by molar-refractivity contribution is 6.09. The minimum absolute atomic E-state index is 0.0867. The van der Waals surface area contributed by atoms with Crippen molar-refractivity contribution >= 4 is 23.8 Å². The number of nitrogens with one attached hydrogen (secondary N) is 2. The Labute approximate surface area is 209 Å². The molecule has 3 aliphatic heterocycles. The second kappa shape index (κ2) is 9.64. The zero-order chi connectivity index (χ0) is 25.3. The van der Waals surface area contributed by atoms with Crippen molar-refractivity contribution in [2.24, 2.45) is 5.92 Å². The van der Waals surface area contributed by atoms with Crippen LogP contribution in [-0.2, 0) is 22.6 Å². The van der Waals surface area contributed by atoms with Gasteiger partial charge in [0, 0.05) is 25.2 Å². The van der Waals surface area contributed by atoms with Crippen molar-refractivity contribution in [3.8, 4) is 5.75 Å². The number of amides is 5. The molecule has 1 atom stereocenters. The van der Waals surface area contributed by atoms with Gasteiger partial charge in [-0.2, -0.15) is 0 Å². The molecule has 0 aromatic heterocycles. The maximum absolute atomic E-state index is 13.3. The minimum Gasteiger partial charge on any atom is -0.497 e. The number of urea groups is 1. The van der Waals surface area contributed by atoms with E-state index < -0.39 is 17.5 Å². The SMILES string of the molecule is COc1ccc2c(c1)C(=O)N(CC1(CC(=O)N3CCC(Cc4ccccc4)CC3)NC(=O)NC1=O)C2. The van der Waals surface area contributed by atoms with Crippen LogP contribution in [0.1, 0.15) is 40.7 Å². The molecule has 0 spiro atoms. The van der Waals surface area contributed by atoms with Crippen molar-refractivity contribution in [2.45, 2.75) is 37.8 Å². The predicted octanol–water partition coefficient (Wildman–Crippen LogP) is 2.10. The van der Waals surface area contributed by atoms with Crippen LogP contribution < -0.4 is 15.4 Å². The lowest BCUT2D eigenvalue weighted by atomic mass is 9.89. The normalized spacial score (nSPS) is 21.9. The summed E-state index contributed by atoms with van der Waals surface area (Å²) in [4.78, 5) is 54.7. The summed E-state index contributed by atoms with van der Waals surface area (Å²) in [6.45, 7) is 1.42. The summed E-state index contributed by atoms with van der Waals surface area (Å²) in [6, 6.07) is 14.9. The van der Waals surface area contributed by atoms with Crippen LogP contribution in [0.4, 0.5) is 4.79 Å². The number of carbonyl (C=O) groups excluding carboxylic acids is 4. The maximum Gasteiger partial charge on any atom is 0.322 e. The summed E-state index contributed by atoms with van der Waals surface area (Å²) >= 11 is 0. The zero-order valence-electron chi connectivity index (χ0n) is 20.3. The van der Waals surface area contributed by atoms with E-state index in [9.17, 15) is 19.2 Å². The molecule has 9 nitrogen and oxygen atoms in total. The summed E-state index contributed by atoms with van der Waals surface area (Å²) in [5.41, 5.74) is 1.10. The summed E-state index contributed by atoms with van der Waals surface area (Å²) in [5.74, 6) is 0.0259. The molecule has 5 rings (SSSR count). The Morgan fingerprint density at radius 2 is 1.83 bits per heavy atom. The third kappa shape index (κ3) is 4.65. The highest BCUT2D eigenvalue weighted by Gasteiger charge is 2.51. The van der Waals surface area contributed by atoms with E-state index in [0.29, 0.717) is 36.9 Å². The van der Waals surface area contributed by atoms with Gasteiger partial charge in [0.15, 0.2) is 0 Å². The van der Waals surface area contributed by atoms with Gasteiger partial charge in [0.1, 0.15) is 11.3 Å². The van der Waals surface area contributed by atoms with Gasteiger partial charge < -0.3 is 19.9 Å².